The van der Waals surface area contributed by atoms with Crippen molar-refractivity contribution in [2.45, 2.75) is 6.92 Å². The summed E-state index contributed by atoms with van der Waals surface area (Å²) in [7, 11) is 0. The normalized spacial score (nSPS) is 10.3. The first-order chi connectivity index (χ1) is 8.95. The standard InChI is InChI=1S/C14H12BrFN2O/c1-8-4-11(16)2-3-13(8)18-14(19)9-5-10(15)7-12(17)6-9/h2-7H,17H2,1H3,(H,18,19). The van der Waals surface area contributed by atoms with Crippen LogP contribution in [0.1, 0.15) is 15.9 Å². The highest BCUT2D eigenvalue weighted by atomic mass is 79.9. The Morgan fingerprint density at radius 1 is 1.26 bits per heavy atom. The van der Waals surface area contributed by atoms with Crippen molar-refractivity contribution in [3.05, 3.63) is 57.8 Å². The topological polar surface area (TPSA) is 55.1 Å². The third-order valence-corrected chi connectivity index (χ3v) is 3.08. The Labute approximate surface area is 118 Å². The number of nitrogens with two attached hydrogens (primary N) is 1. The van der Waals surface area contributed by atoms with Crippen molar-refractivity contribution in [3.63, 3.8) is 0 Å². The zero-order chi connectivity index (χ0) is 14.0. The lowest BCUT2D eigenvalue weighted by molar-refractivity contribution is 0.102. The van der Waals surface area contributed by atoms with Crippen LogP contribution in [0.3, 0.4) is 0 Å². The number of benzene rings is 2. The minimum absolute atomic E-state index is 0.289. The van der Waals surface area contributed by atoms with E-state index in [9.17, 15) is 9.18 Å². The van der Waals surface area contributed by atoms with Gasteiger partial charge in [0.25, 0.3) is 5.91 Å². The molecule has 0 atom stereocenters. The van der Waals surface area contributed by atoms with Crippen LogP contribution in [0.2, 0.25) is 0 Å². The third kappa shape index (κ3) is 3.32. The molecule has 0 aliphatic heterocycles. The summed E-state index contributed by atoms with van der Waals surface area (Å²) in [4.78, 5) is 12.1. The fraction of sp³-hybridized carbons (Fsp3) is 0.0714. The van der Waals surface area contributed by atoms with Gasteiger partial charge in [-0.25, -0.2) is 4.39 Å². The average molecular weight is 323 g/mol. The molecule has 2 aromatic carbocycles. The first-order valence-electron chi connectivity index (χ1n) is 5.59. The molecule has 2 aromatic rings. The van der Waals surface area contributed by atoms with Crippen LogP contribution in [-0.4, -0.2) is 5.91 Å². The summed E-state index contributed by atoms with van der Waals surface area (Å²) in [6, 6.07) is 9.16. The van der Waals surface area contributed by atoms with Gasteiger partial charge < -0.3 is 11.1 Å². The molecule has 3 nitrogen and oxygen atoms in total. The zero-order valence-electron chi connectivity index (χ0n) is 10.2. The summed E-state index contributed by atoms with van der Waals surface area (Å²) in [5, 5.41) is 2.73. The van der Waals surface area contributed by atoms with Gasteiger partial charge in [-0.1, -0.05) is 15.9 Å². The van der Waals surface area contributed by atoms with Gasteiger partial charge in [0.1, 0.15) is 5.82 Å². The lowest BCUT2D eigenvalue weighted by Gasteiger charge is -2.09. The van der Waals surface area contributed by atoms with Gasteiger partial charge in [-0.05, 0) is 48.9 Å². The first kappa shape index (κ1) is 13.5. The van der Waals surface area contributed by atoms with Crippen LogP contribution < -0.4 is 11.1 Å². The number of carbonyl (C=O) groups excluding carboxylic acids is 1. The highest BCUT2D eigenvalue weighted by Gasteiger charge is 2.09. The summed E-state index contributed by atoms with van der Waals surface area (Å²) in [6.07, 6.45) is 0. The van der Waals surface area contributed by atoms with E-state index in [1.54, 1.807) is 25.1 Å². The molecular weight excluding hydrogens is 311 g/mol. The lowest BCUT2D eigenvalue weighted by atomic mass is 10.1. The molecule has 19 heavy (non-hydrogen) atoms. The van der Waals surface area contributed by atoms with Gasteiger partial charge in [0, 0.05) is 21.4 Å². The molecule has 0 saturated heterocycles. The SMILES string of the molecule is Cc1cc(F)ccc1NC(=O)c1cc(N)cc(Br)c1. The van der Waals surface area contributed by atoms with E-state index >= 15 is 0 Å². The Morgan fingerprint density at radius 3 is 2.63 bits per heavy atom. The number of halogens is 2. The molecule has 0 bridgehead atoms. The maximum absolute atomic E-state index is 13.0. The highest BCUT2D eigenvalue weighted by molar-refractivity contribution is 9.10. The maximum Gasteiger partial charge on any atom is 0.255 e. The number of hydrogen-bond donors (Lipinski definition) is 2. The third-order valence-electron chi connectivity index (χ3n) is 2.62. The van der Waals surface area contributed by atoms with Crippen LogP contribution in [0.25, 0.3) is 0 Å². The van der Waals surface area contributed by atoms with Crippen molar-refractivity contribution in [2.75, 3.05) is 11.1 Å². The van der Waals surface area contributed by atoms with Crippen LogP contribution >= 0.6 is 15.9 Å². The van der Waals surface area contributed by atoms with E-state index in [4.69, 9.17) is 5.73 Å². The smallest absolute Gasteiger partial charge is 0.255 e. The van der Waals surface area contributed by atoms with Gasteiger partial charge in [-0.3, -0.25) is 4.79 Å². The molecule has 98 valence electrons. The monoisotopic (exact) mass is 322 g/mol. The van der Waals surface area contributed by atoms with E-state index < -0.39 is 0 Å². The molecule has 2 rings (SSSR count). The Kier molecular flexibility index (Phi) is 3.85. The van der Waals surface area contributed by atoms with E-state index in [-0.39, 0.29) is 11.7 Å². The Hall–Kier alpha value is -1.88. The van der Waals surface area contributed by atoms with Gasteiger partial charge in [0.2, 0.25) is 0 Å². The highest BCUT2D eigenvalue weighted by Crippen LogP contribution is 2.20. The molecule has 0 unspecified atom stereocenters. The molecule has 0 spiro atoms. The van der Waals surface area contributed by atoms with E-state index in [0.717, 1.165) is 4.47 Å². The number of anilines is 2. The van der Waals surface area contributed by atoms with Gasteiger partial charge in [0.15, 0.2) is 0 Å². The van der Waals surface area contributed by atoms with Crippen molar-refractivity contribution in [1.29, 1.82) is 0 Å². The van der Waals surface area contributed by atoms with Gasteiger partial charge in [-0.2, -0.15) is 0 Å². The summed E-state index contributed by atoms with van der Waals surface area (Å²) >= 11 is 3.28. The second kappa shape index (κ2) is 5.40. The molecule has 0 saturated carbocycles. The first-order valence-corrected chi connectivity index (χ1v) is 6.38. The summed E-state index contributed by atoms with van der Waals surface area (Å²) in [5.41, 5.74) is 7.85. The Bertz CT molecular complexity index is 623. The van der Waals surface area contributed by atoms with Crippen LogP contribution in [0, 0.1) is 12.7 Å². The number of amides is 1. The Morgan fingerprint density at radius 2 is 2.00 bits per heavy atom. The fourth-order valence-corrected chi connectivity index (χ4v) is 2.22. The molecule has 0 aliphatic carbocycles. The number of rotatable bonds is 2. The second-order valence-electron chi connectivity index (χ2n) is 4.19. The fourth-order valence-electron chi connectivity index (χ4n) is 1.71. The number of nitrogen functional groups attached to an aromatic ring is 1. The summed E-state index contributed by atoms with van der Waals surface area (Å²) < 4.78 is 13.7. The predicted molar refractivity (Wildman–Crippen MR) is 77.6 cm³/mol. The minimum Gasteiger partial charge on any atom is -0.399 e. The van der Waals surface area contributed by atoms with Crippen LogP contribution in [0.4, 0.5) is 15.8 Å². The van der Waals surface area contributed by atoms with Crippen molar-refractivity contribution >= 4 is 33.2 Å². The molecule has 0 heterocycles. The number of aryl methyl sites for hydroxylation is 1. The van der Waals surface area contributed by atoms with Crippen LogP contribution in [-0.2, 0) is 0 Å². The molecular formula is C14H12BrFN2O. The molecule has 0 fully saturated rings. The number of nitrogens with one attached hydrogen (secondary N) is 1. The van der Waals surface area contributed by atoms with Gasteiger partial charge in [-0.15, -0.1) is 0 Å². The van der Waals surface area contributed by atoms with Crippen molar-refractivity contribution in [3.8, 4) is 0 Å². The van der Waals surface area contributed by atoms with Crippen LogP contribution in [0.5, 0.6) is 0 Å². The van der Waals surface area contributed by atoms with Crippen molar-refractivity contribution in [2.24, 2.45) is 0 Å². The van der Waals surface area contributed by atoms with E-state index in [1.807, 2.05) is 0 Å². The molecule has 0 aromatic heterocycles. The average Bonchev–Trinajstić information content (AvgIpc) is 2.31. The summed E-state index contributed by atoms with van der Waals surface area (Å²) in [5.74, 6) is -0.620. The summed E-state index contributed by atoms with van der Waals surface area (Å²) in [6.45, 7) is 1.73. The molecule has 3 N–H and O–H groups in total. The van der Waals surface area contributed by atoms with E-state index in [1.165, 1.54) is 18.2 Å². The van der Waals surface area contributed by atoms with Crippen molar-refractivity contribution < 1.29 is 9.18 Å². The maximum atomic E-state index is 13.0. The molecule has 1 amide bonds. The molecule has 5 heteroatoms. The number of hydrogen-bond acceptors (Lipinski definition) is 2. The zero-order valence-corrected chi connectivity index (χ0v) is 11.8. The minimum atomic E-state index is -0.331. The van der Waals surface area contributed by atoms with E-state index in [0.29, 0.717) is 22.5 Å². The lowest BCUT2D eigenvalue weighted by Crippen LogP contribution is -2.13. The van der Waals surface area contributed by atoms with Gasteiger partial charge in [0.05, 0.1) is 0 Å². The quantitative estimate of drug-likeness (QED) is 0.828. The second-order valence-corrected chi connectivity index (χ2v) is 5.10. The molecule has 0 radical (unpaired) electrons. The largest absolute Gasteiger partial charge is 0.399 e. The van der Waals surface area contributed by atoms with Gasteiger partial charge >= 0.3 is 0 Å². The Balaban J connectivity index is 2.25. The predicted octanol–water partition coefficient (Wildman–Crippen LogP) is 3.73. The van der Waals surface area contributed by atoms with E-state index in [2.05, 4.69) is 21.2 Å². The van der Waals surface area contributed by atoms with Crippen LogP contribution in [0.15, 0.2) is 40.9 Å². The molecule has 0 aliphatic rings. The number of carbonyl (C=O) groups is 1. The van der Waals surface area contributed by atoms with Crippen molar-refractivity contribution in [1.82, 2.24) is 0 Å².